The highest BCUT2D eigenvalue weighted by Gasteiger charge is 2.34. The molecule has 1 rings (SSSR count). The highest BCUT2D eigenvalue weighted by molar-refractivity contribution is 14.0. The van der Waals surface area contributed by atoms with E-state index in [0.717, 1.165) is 18.9 Å². The fourth-order valence-corrected chi connectivity index (χ4v) is 2.10. The molecular formula is C17H35IN4O3. The van der Waals surface area contributed by atoms with Crippen molar-refractivity contribution >= 4 is 36.0 Å². The smallest absolute Gasteiger partial charge is 0.410 e. The van der Waals surface area contributed by atoms with Crippen molar-refractivity contribution in [3.05, 3.63) is 0 Å². The first-order chi connectivity index (χ1) is 11.1. The molecule has 0 spiro atoms. The SMILES string of the molecule is CCNC(=NCC(C)(CC)CO)NC1CN(C(=O)OC(C)(C)C)C1.I. The Bertz CT molecular complexity index is 442. The van der Waals surface area contributed by atoms with Gasteiger partial charge in [-0.2, -0.15) is 0 Å². The van der Waals surface area contributed by atoms with E-state index >= 15 is 0 Å². The van der Waals surface area contributed by atoms with Crippen LogP contribution in [-0.4, -0.2) is 66.5 Å². The second kappa shape index (κ2) is 10.4. The number of carbonyl (C=O) groups excluding carboxylic acids is 1. The third kappa shape index (κ3) is 8.44. The van der Waals surface area contributed by atoms with E-state index in [1.54, 1.807) is 4.90 Å². The molecule has 0 radical (unpaired) electrons. The van der Waals surface area contributed by atoms with Crippen LogP contribution in [-0.2, 0) is 4.74 Å². The van der Waals surface area contributed by atoms with Crippen molar-refractivity contribution < 1.29 is 14.6 Å². The minimum absolute atomic E-state index is 0. The normalized spacial score (nSPS) is 17.9. The fourth-order valence-electron chi connectivity index (χ4n) is 2.10. The van der Waals surface area contributed by atoms with Crippen LogP contribution in [0.1, 0.15) is 48.0 Å². The molecule has 0 aromatic carbocycles. The average Bonchev–Trinajstić information content (AvgIpc) is 2.45. The van der Waals surface area contributed by atoms with E-state index in [1.807, 2.05) is 34.6 Å². The molecule has 3 N–H and O–H groups in total. The molecule has 1 aliphatic rings. The van der Waals surface area contributed by atoms with Crippen molar-refractivity contribution in [2.75, 3.05) is 32.8 Å². The number of likely N-dealkylation sites (tertiary alicyclic amines) is 1. The van der Waals surface area contributed by atoms with Gasteiger partial charge < -0.3 is 25.4 Å². The minimum Gasteiger partial charge on any atom is -0.444 e. The van der Waals surface area contributed by atoms with Crippen LogP contribution in [0.4, 0.5) is 4.79 Å². The average molecular weight is 470 g/mol. The Labute approximate surface area is 169 Å². The maximum Gasteiger partial charge on any atom is 0.410 e. The predicted molar refractivity (Wildman–Crippen MR) is 112 cm³/mol. The summed E-state index contributed by atoms with van der Waals surface area (Å²) in [5.74, 6) is 0.722. The van der Waals surface area contributed by atoms with Gasteiger partial charge in [0.15, 0.2) is 5.96 Å². The summed E-state index contributed by atoms with van der Waals surface area (Å²) < 4.78 is 5.35. The highest BCUT2D eigenvalue weighted by atomic mass is 127. The summed E-state index contributed by atoms with van der Waals surface area (Å²) in [5.41, 5.74) is -0.675. The standard InChI is InChI=1S/C17H34N4O3.HI/c1-7-17(6,12-22)11-19-14(18-8-2)20-13-9-21(10-13)15(23)24-16(3,4)5;/h13,22H,7-12H2,1-6H3,(H2,18,19,20);1H. The summed E-state index contributed by atoms with van der Waals surface area (Å²) >= 11 is 0. The molecule has 1 amide bonds. The van der Waals surface area contributed by atoms with Crippen molar-refractivity contribution in [2.24, 2.45) is 10.4 Å². The van der Waals surface area contributed by atoms with Gasteiger partial charge in [-0.3, -0.25) is 4.99 Å². The molecule has 1 aliphatic heterocycles. The van der Waals surface area contributed by atoms with Crippen LogP contribution in [0.3, 0.4) is 0 Å². The number of nitrogens with one attached hydrogen (secondary N) is 2. The number of carbonyl (C=O) groups is 1. The van der Waals surface area contributed by atoms with E-state index < -0.39 is 5.60 Å². The Morgan fingerprint density at radius 1 is 1.28 bits per heavy atom. The van der Waals surface area contributed by atoms with E-state index in [0.29, 0.717) is 19.6 Å². The van der Waals surface area contributed by atoms with Crippen molar-refractivity contribution in [1.82, 2.24) is 15.5 Å². The molecule has 1 unspecified atom stereocenters. The fraction of sp³-hybridized carbons (Fsp3) is 0.882. The molecule has 8 heteroatoms. The van der Waals surface area contributed by atoms with Crippen LogP contribution in [0.5, 0.6) is 0 Å². The van der Waals surface area contributed by atoms with Crippen molar-refractivity contribution in [1.29, 1.82) is 0 Å². The summed E-state index contributed by atoms with van der Waals surface area (Å²) in [6.45, 7) is 14.3. The molecule has 148 valence electrons. The van der Waals surface area contributed by atoms with Gasteiger partial charge in [0.1, 0.15) is 5.60 Å². The number of halogens is 1. The van der Waals surface area contributed by atoms with Gasteiger partial charge in [0.05, 0.1) is 19.2 Å². The molecule has 1 atom stereocenters. The topological polar surface area (TPSA) is 86.2 Å². The van der Waals surface area contributed by atoms with Gasteiger partial charge in [-0.1, -0.05) is 13.8 Å². The van der Waals surface area contributed by atoms with Gasteiger partial charge in [-0.05, 0) is 34.1 Å². The predicted octanol–water partition coefficient (Wildman–Crippen LogP) is 2.19. The van der Waals surface area contributed by atoms with Crippen LogP contribution in [0.15, 0.2) is 4.99 Å². The first-order valence-electron chi connectivity index (χ1n) is 8.76. The number of hydrogen-bond acceptors (Lipinski definition) is 4. The molecular weight excluding hydrogens is 435 g/mol. The van der Waals surface area contributed by atoms with E-state index in [9.17, 15) is 9.90 Å². The number of guanidine groups is 1. The van der Waals surface area contributed by atoms with Crippen LogP contribution in [0, 0.1) is 5.41 Å². The zero-order valence-corrected chi connectivity index (χ0v) is 18.7. The van der Waals surface area contributed by atoms with Crippen LogP contribution < -0.4 is 10.6 Å². The van der Waals surface area contributed by atoms with Gasteiger partial charge in [0.2, 0.25) is 0 Å². The molecule has 0 aromatic rings. The van der Waals surface area contributed by atoms with Gasteiger partial charge in [0, 0.05) is 25.0 Å². The lowest BCUT2D eigenvalue weighted by atomic mass is 9.89. The zero-order valence-electron chi connectivity index (χ0n) is 16.4. The highest BCUT2D eigenvalue weighted by Crippen LogP contribution is 2.20. The third-order valence-electron chi connectivity index (χ3n) is 4.07. The molecule has 0 aromatic heterocycles. The Hall–Kier alpha value is -0.770. The van der Waals surface area contributed by atoms with E-state index in [2.05, 4.69) is 22.5 Å². The van der Waals surface area contributed by atoms with E-state index in [1.165, 1.54) is 0 Å². The van der Waals surface area contributed by atoms with E-state index in [4.69, 9.17) is 4.74 Å². The van der Waals surface area contributed by atoms with Gasteiger partial charge in [-0.25, -0.2) is 4.79 Å². The van der Waals surface area contributed by atoms with Crippen molar-refractivity contribution in [3.63, 3.8) is 0 Å². The summed E-state index contributed by atoms with van der Waals surface area (Å²) in [7, 11) is 0. The second-order valence-corrected chi connectivity index (χ2v) is 7.74. The summed E-state index contributed by atoms with van der Waals surface area (Å²) in [4.78, 5) is 18.2. The molecule has 0 saturated carbocycles. The number of ether oxygens (including phenoxy) is 1. The third-order valence-corrected chi connectivity index (χ3v) is 4.07. The lowest BCUT2D eigenvalue weighted by Gasteiger charge is -2.40. The number of aliphatic hydroxyl groups is 1. The molecule has 0 bridgehead atoms. The Balaban J connectivity index is 0.00000576. The van der Waals surface area contributed by atoms with Crippen molar-refractivity contribution in [2.45, 2.75) is 59.6 Å². The van der Waals surface area contributed by atoms with E-state index in [-0.39, 0.29) is 48.1 Å². The molecule has 7 nitrogen and oxygen atoms in total. The largest absolute Gasteiger partial charge is 0.444 e. The number of hydrogen-bond donors (Lipinski definition) is 3. The summed E-state index contributed by atoms with van der Waals surface area (Å²) in [6.07, 6.45) is 0.587. The minimum atomic E-state index is -0.471. The number of rotatable bonds is 6. The number of aliphatic hydroxyl groups excluding tert-OH is 1. The summed E-state index contributed by atoms with van der Waals surface area (Å²) in [5, 5.41) is 16.0. The molecule has 1 heterocycles. The zero-order chi connectivity index (χ0) is 18.4. The Kier molecular flexibility index (Phi) is 10.1. The lowest BCUT2D eigenvalue weighted by molar-refractivity contribution is 0.00699. The second-order valence-electron chi connectivity index (χ2n) is 7.74. The monoisotopic (exact) mass is 470 g/mol. The van der Waals surface area contributed by atoms with Gasteiger partial charge >= 0.3 is 6.09 Å². The number of amides is 1. The van der Waals surface area contributed by atoms with Gasteiger partial charge in [-0.15, -0.1) is 24.0 Å². The Morgan fingerprint density at radius 2 is 1.88 bits per heavy atom. The van der Waals surface area contributed by atoms with Crippen molar-refractivity contribution in [3.8, 4) is 0 Å². The first kappa shape index (κ1) is 24.2. The van der Waals surface area contributed by atoms with Crippen LogP contribution in [0.25, 0.3) is 0 Å². The molecule has 25 heavy (non-hydrogen) atoms. The summed E-state index contributed by atoms with van der Waals surface area (Å²) in [6, 6.07) is 0.164. The quantitative estimate of drug-likeness (QED) is 0.315. The van der Waals surface area contributed by atoms with Crippen LogP contribution >= 0.6 is 24.0 Å². The first-order valence-corrected chi connectivity index (χ1v) is 8.76. The maximum atomic E-state index is 11.9. The Morgan fingerprint density at radius 3 is 2.32 bits per heavy atom. The molecule has 1 fully saturated rings. The maximum absolute atomic E-state index is 11.9. The number of aliphatic imine (C=N–C) groups is 1. The van der Waals surface area contributed by atoms with Gasteiger partial charge in [0.25, 0.3) is 0 Å². The number of nitrogens with zero attached hydrogens (tertiary/aromatic N) is 2. The molecule has 1 saturated heterocycles. The lowest BCUT2D eigenvalue weighted by Crippen LogP contribution is -2.63. The molecule has 0 aliphatic carbocycles. The van der Waals surface area contributed by atoms with Crippen LogP contribution in [0.2, 0.25) is 0 Å².